The van der Waals surface area contributed by atoms with E-state index in [4.69, 9.17) is 0 Å². The van der Waals surface area contributed by atoms with E-state index in [1.807, 2.05) is 12.2 Å². The zero-order valence-electron chi connectivity index (χ0n) is 4.32. The lowest BCUT2D eigenvalue weighted by molar-refractivity contribution is 0.433. The van der Waals surface area contributed by atoms with Gasteiger partial charge in [-0.15, -0.1) is 4.91 Å². The van der Waals surface area contributed by atoms with Crippen LogP contribution in [0.4, 0.5) is 0 Å². The number of rotatable bonds is 1. The fraction of sp³-hybridized carbons (Fsp3) is 0.200. The molecule has 1 heterocycles. The van der Waals surface area contributed by atoms with Crippen molar-refractivity contribution in [2.75, 3.05) is 6.54 Å². The minimum absolute atomic E-state index is 0.597. The molecule has 42 valence electrons. The van der Waals surface area contributed by atoms with Crippen LogP contribution in [0.15, 0.2) is 29.7 Å². The average molecular weight is 110 g/mol. The molecule has 1 rings (SSSR count). The molecule has 1 aliphatic heterocycles. The molecule has 0 N–H and O–H groups in total. The van der Waals surface area contributed by atoms with Crippen LogP contribution >= 0.6 is 0 Å². The van der Waals surface area contributed by atoms with Gasteiger partial charge in [0.05, 0.1) is 11.8 Å². The van der Waals surface area contributed by atoms with Crippen LogP contribution in [0.5, 0.6) is 0 Å². The molecular weight excluding hydrogens is 104 g/mol. The highest BCUT2D eigenvalue weighted by atomic mass is 16.3. The first-order valence-corrected chi connectivity index (χ1v) is 2.37. The summed E-state index contributed by atoms with van der Waals surface area (Å²) in [4.78, 5) is 9.75. The molecule has 3 heteroatoms. The van der Waals surface area contributed by atoms with Crippen molar-refractivity contribution in [3.63, 3.8) is 0 Å². The van der Waals surface area contributed by atoms with E-state index in [-0.39, 0.29) is 0 Å². The summed E-state index contributed by atoms with van der Waals surface area (Å²) in [7, 11) is 0. The van der Waals surface area contributed by atoms with Crippen LogP contribution in [0.1, 0.15) is 0 Å². The van der Waals surface area contributed by atoms with Gasteiger partial charge in [-0.3, -0.25) is 0 Å². The first-order valence-electron chi connectivity index (χ1n) is 2.37. The van der Waals surface area contributed by atoms with E-state index in [9.17, 15) is 4.91 Å². The first-order chi connectivity index (χ1) is 3.93. The summed E-state index contributed by atoms with van der Waals surface area (Å²) < 4.78 is 0. The molecule has 0 radical (unpaired) electrons. The van der Waals surface area contributed by atoms with Crippen molar-refractivity contribution >= 4 is 0 Å². The van der Waals surface area contributed by atoms with Gasteiger partial charge in [0.1, 0.15) is 0 Å². The predicted molar refractivity (Wildman–Crippen MR) is 30.8 cm³/mol. The molecule has 0 saturated carbocycles. The monoisotopic (exact) mass is 110 g/mol. The summed E-state index contributed by atoms with van der Waals surface area (Å²) in [6.07, 6.45) is 7.14. The van der Waals surface area contributed by atoms with Crippen LogP contribution in [0.3, 0.4) is 0 Å². The van der Waals surface area contributed by atoms with Crippen molar-refractivity contribution in [2.24, 2.45) is 5.29 Å². The van der Waals surface area contributed by atoms with Crippen LogP contribution < -0.4 is 0 Å². The molecule has 8 heavy (non-hydrogen) atoms. The third-order valence-corrected chi connectivity index (χ3v) is 0.903. The third-order valence-electron chi connectivity index (χ3n) is 0.903. The average Bonchev–Trinajstić information content (AvgIpc) is 1.90. The van der Waals surface area contributed by atoms with Gasteiger partial charge in [-0.25, -0.2) is 5.01 Å². The van der Waals surface area contributed by atoms with Gasteiger partial charge in [0.15, 0.2) is 0 Å². The fourth-order valence-corrected chi connectivity index (χ4v) is 0.518. The molecule has 0 fully saturated rings. The molecule has 0 unspecified atom stereocenters. The van der Waals surface area contributed by atoms with Gasteiger partial charge < -0.3 is 0 Å². The Morgan fingerprint density at radius 3 is 2.75 bits per heavy atom. The van der Waals surface area contributed by atoms with Crippen molar-refractivity contribution in [3.05, 3.63) is 29.3 Å². The Morgan fingerprint density at radius 1 is 1.50 bits per heavy atom. The zero-order valence-corrected chi connectivity index (χ0v) is 4.32. The summed E-state index contributed by atoms with van der Waals surface area (Å²) >= 11 is 0. The van der Waals surface area contributed by atoms with E-state index in [0.717, 1.165) is 0 Å². The Labute approximate surface area is 47.2 Å². The topological polar surface area (TPSA) is 32.7 Å². The van der Waals surface area contributed by atoms with Crippen molar-refractivity contribution in [3.8, 4) is 0 Å². The number of nitrogens with zero attached hydrogens (tertiary/aromatic N) is 2. The maximum absolute atomic E-state index is 9.75. The molecule has 0 spiro atoms. The third kappa shape index (κ3) is 0.932. The summed E-state index contributed by atoms with van der Waals surface area (Å²) in [5.74, 6) is 0. The minimum Gasteiger partial charge on any atom is -0.233 e. The summed E-state index contributed by atoms with van der Waals surface area (Å²) in [6.45, 7) is 0.597. The number of allylic oxidation sites excluding steroid dienone is 2. The van der Waals surface area contributed by atoms with Crippen molar-refractivity contribution in [2.45, 2.75) is 0 Å². The van der Waals surface area contributed by atoms with Gasteiger partial charge in [0.25, 0.3) is 0 Å². The van der Waals surface area contributed by atoms with Crippen LogP contribution in [0.2, 0.25) is 0 Å². The Bertz CT molecular complexity index is 139. The van der Waals surface area contributed by atoms with E-state index in [1.165, 1.54) is 5.01 Å². The van der Waals surface area contributed by atoms with Crippen LogP contribution in [0, 0.1) is 4.91 Å². The molecule has 0 saturated heterocycles. The van der Waals surface area contributed by atoms with Gasteiger partial charge >= 0.3 is 0 Å². The van der Waals surface area contributed by atoms with Gasteiger partial charge in [-0.05, 0) is 6.08 Å². The lowest BCUT2D eigenvalue weighted by Crippen LogP contribution is -2.09. The Kier molecular flexibility index (Phi) is 1.42. The van der Waals surface area contributed by atoms with Crippen molar-refractivity contribution in [1.82, 2.24) is 5.01 Å². The van der Waals surface area contributed by atoms with E-state index in [2.05, 4.69) is 5.29 Å². The van der Waals surface area contributed by atoms with Crippen LogP contribution in [-0.4, -0.2) is 11.6 Å². The molecule has 0 atom stereocenters. The number of hydrogen-bond donors (Lipinski definition) is 0. The highest BCUT2D eigenvalue weighted by molar-refractivity contribution is 5.07. The van der Waals surface area contributed by atoms with Gasteiger partial charge in [-0.1, -0.05) is 12.2 Å². The second kappa shape index (κ2) is 2.26. The smallest absolute Gasteiger partial charge is 0.0625 e. The first kappa shape index (κ1) is 5.03. The molecule has 0 bridgehead atoms. The van der Waals surface area contributed by atoms with Gasteiger partial charge in [0.2, 0.25) is 0 Å². The van der Waals surface area contributed by atoms with Gasteiger partial charge in [0, 0.05) is 6.20 Å². The zero-order chi connectivity index (χ0) is 5.82. The van der Waals surface area contributed by atoms with Gasteiger partial charge in [-0.2, -0.15) is 0 Å². The van der Waals surface area contributed by atoms with E-state index in [1.54, 1.807) is 12.3 Å². The quantitative estimate of drug-likeness (QED) is 0.472. The molecule has 0 aliphatic carbocycles. The lowest BCUT2D eigenvalue weighted by Gasteiger charge is -2.07. The van der Waals surface area contributed by atoms with E-state index in [0.29, 0.717) is 6.54 Å². The SMILES string of the molecule is O=NN1C=CC=CC1. The molecule has 0 aromatic rings. The molecular formula is C5H6N2O. The number of nitroso groups, excluding NO2 is 1. The van der Waals surface area contributed by atoms with Crippen molar-refractivity contribution in [1.29, 1.82) is 0 Å². The minimum atomic E-state index is 0.597. The Morgan fingerprint density at radius 2 is 2.38 bits per heavy atom. The fourth-order valence-electron chi connectivity index (χ4n) is 0.518. The molecule has 0 aromatic carbocycles. The van der Waals surface area contributed by atoms with Crippen LogP contribution in [0.25, 0.3) is 0 Å². The Hall–Kier alpha value is -1.12. The van der Waals surface area contributed by atoms with Crippen LogP contribution in [-0.2, 0) is 0 Å². The molecule has 0 amide bonds. The second-order valence-corrected chi connectivity index (χ2v) is 1.47. The number of hydrogen-bond acceptors (Lipinski definition) is 2. The summed E-state index contributed by atoms with van der Waals surface area (Å²) in [6, 6.07) is 0. The van der Waals surface area contributed by atoms with E-state index < -0.39 is 0 Å². The molecule has 3 nitrogen and oxygen atoms in total. The standard InChI is InChI=1S/C5H6N2O/c8-6-7-4-2-1-3-5-7/h1-4H,5H2. The molecule has 0 aromatic heterocycles. The summed E-state index contributed by atoms with van der Waals surface area (Å²) in [5, 5.41) is 4.01. The van der Waals surface area contributed by atoms with Crippen molar-refractivity contribution < 1.29 is 0 Å². The highest BCUT2D eigenvalue weighted by Gasteiger charge is 1.93. The normalized spacial score (nSPS) is 16.8. The maximum atomic E-state index is 9.75. The summed E-state index contributed by atoms with van der Waals surface area (Å²) in [5.41, 5.74) is 0. The second-order valence-electron chi connectivity index (χ2n) is 1.47. The Balaban J connectivity index is 2.51. The highest BCUT2D eigenvalue weighted by Crippen LogP contribution is 1.96. The molecule has 1 aliphatic rings. The maximum Gasteiger partial charge on any atom is 0.0625 e. The largest absolute Gasteiger partial charge is 0.233 e. The predicted octanol–water partition coefficient (Wildman–Crippen LogP) is 1.05. The lowest BCUT2D eigenvalue weighted by atomic mass is 10.4. The van der Waals surface area contributed by atoms with E-state index >= 15 is 0 Å².